The first-order valence-corrected chi connectivity index (χ1v) is 6.18. The summed E-state index contributed by atoms with van der Waals surface area (Å²) in [5.41, 5.74) is 1.22. The molecule has 1 N–H and O–H groups in total. The lowest BCUT2D eigenvalue weighted by Gasteiger charge is -2.18. The molecule has 0 bridgehead atoms. The standard InChI is InChI=1S/C14H20O5/c1-5-10-11(13(15)14(16)19-6-2)7-9(17-3)8-12(10)18-4/h7-8,13,15H,5-6H2,1-4H3. The summed E-state index contributed by atoms with van der Waals surface area (Å²) < 4.78 is 15.2. The molecule has 1 aromatic rings. The fourth-order valence-corrected chi connectivity index (χ4v) is 1.91. The zero-order valence-corrected chi connectivity index (χ0v) is 11.7. The van der Waals surface area contributed by atoms with Gasteiger partial charge in [0.2, 0.25) is 0 Å². The lowest BCUT2D eigenvalue weighted by atomic mass is 9.98. The van der Waals surface area contributed by atoms with Gasteiger partial charge in [-0.2, -0.15) is 0 Å². The molecule has 106 valence electrons. The third-order valence-corrected chi connectivity index (χ3v) is 2.83. The van der Waals surface area contributed by atoms with Crippen LogP contribution >= 0.6 is 0 Å². The number of aliphatic hydroxyl groups excluding tert-OH is 1. The van der Waals surface area contributed by atoms with Crippen LogP contribution in [0.25, 0.3) is 0 Å². The molecule has 0 amide bonds. The van der Waals surface area contributed by atoms with Crippen molar-refractivity contribution in [3.05, 3.63) is 23.3 Å². The maximum atomic E-state index is 11.7. The van der Waals surface area contributed by atoms with Crippen molar-refractivity contribution >= 4 is 5.97 Å². The van der Waals surface area contributed by atoms with Crippen molar-refractivity contribution in [2.45, 2.75) is 26.4 Å². The number of methoxy groups -OCH3 is 2. The second-order valence-electron chi connectivity index (χ2n) is 3.91. The molecule has 0 aliphatic heterocycles. The molecule has 0 aromatic heterocycles. The summed E-state index contributed by atoms with van der Waals surface area (Å²) in [6.07, 6.45) is -0.710. The van der Waals surface area contributed by atoms with Gasteiger partial charge in [-0.05, 0) is 19.4 Å². The minimum absolute atomic E-state index is 0.221. The number of hydrogen-bond acceptors (Lipinski definition) is 5. The van der Waals surface area contributed by atoms with Gasteiger partial charge >= 0.3 is 5.97 Å². The maximum Gasteiger partial charge on any atom is 0.339 e. The zero-order chi connectivity index (χ0) is 14.4. The van der Waals surface area contributed by atoms with Gasteiger partial charge in [-0.1, -0.05) is 6.92 Å². The molecule has 0 aliphatic rings. The Kier molecular flexibility index (Phi) is 5.63. The Hall–Kier alpha value is -1.75. The minimum Gasteiger partial charge on any atom is -0.497 e. The van der Waals surface area contributed by atoms with Crippen LogP contribution in [0.5, 0.6) is 11.5 Å². The van der Waals surface area contributed by atoms with E-state index in [0.29, 0.717) is 23.5 Å². The molecule has 0 saturated heterocycles. The summed E-state index contributed by atoms with van der Waals surface area (Å²) in [6.45, 7) is 3.83. The van der Waals surface area contributed by atoms with Gasteiger partial charge in [-0.15, -0.1) is 0 Å². The van der Waals surface area contributed by atoms with E-state index < -0.39 is 12.1 Å². The van der Waals surface area contributed by atoms with E-state index in [-0.39, 0.29) is 6.61 Å². The smallest absolute Gasteiger partial charge is 0.339 e. The Bertz CT molecular complexity index is 442. The highest BCUT2D eigenvalue weighted by molar-refractivity contribution is 5.77. The minimum atomic E-state index is -1.33. The van der Waals surface area contributed by atoms with E-state index in [2.05, 4.69) is 0 Å². The second kappa shape index (κ2) is 6.99. The number of carbonyl (C=O) groups is 1. The number of hydrogen-bond donors (Lipinski definition) is 1. The van der Waals surface area contributed by atoms with E-state index in [4.69, 9.17) is 14.2 Å². The summed E-state index contributed by atoms with van der Waals surface area (Å²) in [5, 5.41) is 10.1. The van der Waals surface area contributed by atoms with Crippen molar-refractivity contribution in [1.29, 1.82) is 0 Å². The molecule has 0 fully saturated rings. The first-order chi connectivity index (χ1) is 9.08. The fourth-order valence-electron chi connectivity index (χ4n) is 1.91. The van der Waals surface area contributed by atoms with Crippen molar-refractivity contribution in [2.75, 3.05) is 20.8 Å². The van der Waals surface area contributed by atoms with Gasteiger partial charge in [0.25, 0.3) is 0 Å². The number of ether oxygens (including phenoxy) is 3. The first kappa shape index (κ1) is 15.3. The van der Waals surface area contributed by atoms with Crippen LogP contribution < -0.4 is 9.47 Å². The van der Waals surface area contributed by atoms with Crippen molar-refractivity contribution in [1.82, 2.24) is 0 Å². The van der Waals surface area contributed by atoms with Gasteiger partial charge in [0.05, 0.1) is 20.8 Å². The maximum absolute atomic E-state index is 11.7. The summed E-state index contributed by atoms with van der Waals surface area (Å²) in [7, 11) is 3.05. The molecule has 0 heterocycles. The molecule has 5 nitrogen and oxygen atoms in total. The largest absolute Gasteiger partial charge is 0.497 e. The van der Waals surface area contributed by atoms with Crippen LogP contribution in [0.4, 0.5) is 0 Å². The molecule has 0 aliphatic carbocycles. The molecule has 0 radical (unpaired) electrons. The van der Waals surface area contributed by atoms with E-state index in [9.17, 15) is 9.90 Å². The summed E-state index contributed by atoms with van der Waals surface area (Å²) >= 11 is 0. The van der Waals surface area contributed by atoms with Gasteiger partial charge in [0.1, 0.15) is 11.5 Å². The average Bonchev–Trinajstić information content (AvgIpc) is 2.44. The second-order valence-corrected chi connectivity index (χ2v) is 3.91. The van der Waals surface area contributed by atoms with Crippen molar-refractivity contribution in [3.63, 3.8) is 0 Å². The number of esters is 1. The Morgan fingerprint density at radius 1 is 1.26 bits per heavy atom. The number of aliphatic hydroxyl groups is 1. The molecular weight excluding hydrogens is 248 g/mol. The van der Waals surface area contributed by atoms with Gasteiger partial charge in [-0.25, -0.2) is 4.79 Å². The van der Waals surface area contributed by atoms with Gasteiger partial charge in [-0.3, -0.25) is 0 Å². The number of carbonyl (C=O) groups excluding carboxylic acids is 1. The summed E-state index contributed by atoms with van der Waals surface area (Å²) in [6, 6.07) is 3.35. The lowest BCUT2D eigenvalue weighted by molar-refractivity contribution is -0.153. The fraction of sp³-hybridized carbons (Fsp3) is 0.500. The van der Waals surface area contributed by atoms with Crippen LogP contribution in [0.3, 0.4) is 0 Å². The predicted octanol–water partition coefficient (Wildman–Crippen LogP) is 1.86. The molecule has 1 unspecified atom stereocenters. The van der Waals surface area contributed by atoms with Crippen LogP contribution in [0, 0.1) is 0 Å². The highest BCUT2D eigenvalue weighted by Gasteiger charge is 2.24. The lowest BCUT2D eigenvalue weighted by Crippen LogP contribution is -2.17. The first-order valence-electron chi connectivity index (χ1n) is 6.18. The van der Waals surface area contributed by atoms with E-state index in [1.165, 1.54) is 14.2 Å². The van der Waals surface area contributed by atoms with Gasteiger partial charge < -0.3 is 19.3 Å². The molecule has 5 heteroatoms. The average molecular weight is 268 g/mol. The number of rotatable bonds is 6. The topological polar surface area (TPSA) is 65.0 Å². The SMILES string of the molecule is CCOC(=O)C(O)c1cc(OC)cc(OC)c1CC. The van der Waals surface area contributed by atoms with Crippen LogP contribution in [0.1, 0.15) is 31.1 Å². The van der Waals surface area contributed by atoms with Crippen molar-refractivity contribution in [3.8, 4) is 11.5 Å². The quantitative estimate of drug-likeness (QED) is 0.798. The van der Waals surface area contributed by atoms with E-state index in [1.807, 2.05) is 6.92 Å². The Morgan fingerprint density at radius 2 is 1.95 bits per heavy atom. The van der Waals surface area contributed by atoms with Crippen LogP contribution in [-0.2, 0) is 16.0 Å². The van der Waals surface area contributed by atoms with Crippen molar-refractivity contribution < 1.29 is 24.1 Å². The van der Waals surface area contributed by atoms with Crippen LogP contribution in [0.15, 0.2) is 12.1 Å². The molecular formula is C14H20O5. The van der Waals surface area contributed by atoms with Crippen LogP contribution in [-0.4, -0.2) is 31.9 Å². The molecule has 0 saturated carbocycles. The van der Waals surface area contributed by atoms with Gasteiger partial charge in [0, 0.05) is 17.2 Å². The molecule has 1 rings (SSSR count). The van der Waals surface area contributed by atoms with Crippen molar-refractivity contribution in [2.24, 2.45) is 0 Å². The molecule has 1 atom stereocenters. The zero-order valence-electron chi connectivity index (χ0n) is 11.7. The Morgan fingerprint density at radius 3 is 2.42 bits per heavy atom. The highest BCUT2D eigenvalue weighted by atomic mass is 16.5. The molecule has 1 aromatic carbocycles. The van der Waals surface area contributed by atoms with E-state index in [0.717, 1.165) is 5.56 Å². The van der Waals surface area contributed by atoms with E-state index in [1.54, 1.807) is 19.1 Å². The monoisotopic (exact) mass is 268 g/mol. The normalized spacial score (nSPS) is 11.8. The molecule has 0 spiro atoms. The van der Waals surface area contributed by atoms with Crippen LogP contribution in [0.2, 0.25) is 0 Å². The Balaban J connectivity index is 3.26. The third kappa shape index (κ3) is 3.38. The molecule has 19 heavy (non-hydrogen) atoms. The summed E-state index contributed by atoms with van der Waals surface area (Å²) in [5.74, 6) is 0.431. The predicted molar refractivity (Wildman–Crippen MR) is 70.5 cm³/mol. The Labute approximate surface area is 113 Å². The number of benzene rings is 1. The third-order valence-electron chi connectivity index (χ3n) is 2.83. The highest BCUT2D eigenvalue weighted by Crippen LogP contribution is 2.33. The van der Waals surface area contributed by atoms with Gasteiger partial charge in [0.15, 0.2) is 6.10 Å². The van der Waals surface area contributed by atoms with E-state index >= 15 is 0 Å². The summed E-state index contributed by atoms with van der Waals surface area (Å²) in [4.78, 5) is 11.7.